The van der Waals surface area contributed by atoms with Crippen molar-refractivity contribution >= 4 is 35.5 Å². The van der Waals surface area contributed by atoms with Crippen LogP contribution in [0.25, 0.3) is 44.7 Å². The normalized spacial score (nSPS) is 13.8. The van der Waals surface area contributed by atoms with Crippen molar-refractivity contribution in [2.24, 2.45) is 5.41 Å². The molecule has 1 saturated carbocycles. The average Bonchev–Trinajstić information content (AvgIpc) is 3.68. The fraction of sp³-hybridized carbons (Fsp3) is 0.350. The molecule has 1 aliphatic carbocycles. The Balaban J connectivity index is 0.000000183. The van der Waals surface area contributed by atoms with Crippen molar-refractivity contribution < 1.29 is 24.5 Å². The largest absolute Gasteiger partial charge is 0.467 e. The van der Waals surface area contributed by atoms with Gasteiger partial charge in [-0.25, -0.2) is 4.98 Å². The van der Waals surface area contributed by atoms with Crippen LogP contribution in [0, 0.1) is 24.6 Å². The molecule has 47 heavy (non-hydrogen) atoms. The van der Waals surface area contributed by atoms with Crippen molar-refractivity contribution in [3.63, 3.8) is 0 Å². The molecule has 0 bridgehead atoms. The second-order valence-corrected chi connectivity index (χ2v) is 19.9. The van der Waals surface area contributed by atoms with Crippen molar-refractivity contribution in [1.29, 1.82) is 0 Å². The monoisotopic (exact) mass is 817 g/mol. The van der Waals surface area contributed by atoms with Crippen molar-refractivity contribution in [1.82, 2.24) is 19.9 Å². The smallest absolute Gasteiger partial charge is 0.217 e. The molecule has 245 valence electrons. The summed E-state index contributed by atoms with van der Waals surface area (Å²) in [5.74, 6) is 0.747. The Bertz CT molecular complexity index is 1970. The Morgan fingerprint density at radius 2 is 1.64 bits per heavy atom. The van der Waals surface area contributed by atoms with Crippen molar-refractivity contribution in [2.75, 3.05) is 0 Å². The summed E-state index contributed by atoms with van der Waals surface area (Å²) in [4.78, 5) is 18.0. The molecule has 1 aromatic carbocycles. The van der Waals surface area contributed by atoms with E-state index in [9.17, 15) is 0 Å². The zero-order valence-corrected chi connectivity index (χ0v) is 32.0. The van der Waals surface area contributed by atoms with Crippen LogP contribution >= 0.6 is 0 Å². The van der Waals surface area contributed by atoms with E-state index in [1.165, 1.54) is 31.2 Å². The molecule has 0 N–H and O–H groups in total. The van der Waals surface area contributed by atoms with Gasteiger partial charge < -0.3 is 19.4 Å². The van der Waals surface area contributed by atoms with Gasteiger partial charge in [0.05, 0.1) is 8.07 Å². The minimum absolute atomic E-state index is 0. The molecule has 7 heteroatoms. The van der Waals surface area contributed by atoms with Crippen LogP contribution in [0.5, 0.6) is 0 Å². The fourth-order valence-corrected chi connectivity index (χ4v) is 8.03. The Morgan fingerprint density at radius 1 is 0.872 bits per heavy atom. The van der Waals surface area contributed by atoms with Crippen LogP contribution in [0.15, 0.2) is 77.5 Å². The number of benzene rings is 1. The number of furan rings is 1. The van der Waals surface area contributed by atoms with E-state index in [4.69, 9.17) is 9.40 Å². The van der Waals surface area contributed by atoms with Gasteiger partial charge in [-0.1, -0.05) is 76.5 Å². The molecular weight excluding hydrogens is 773 g/mol. The van der Waals surface area contributed by atoms with Gasteiger partial charge in [-0.2, -0.15) is 0 Å². The molecule has 6 aromatic rings. The number of hydrogen-bond acceptors (Lipinski definition) is 5. The molecule has 1 radical (unpaired) electrons. The Labute approximate surface area is 294 Å². The van der Waals surface area contributed by atoms with Crippen LogP contribution in [0.4, 0.5) is 0 Å². The molecule has 5 aromatic heterocycles. The third-order valence-corrected chi connectivity index (χ3v) is 10.7. The molecular formula is C40H44IrN4OSi-2. The number of aryl methyl sites for hydroxylation is 1. The topological polar surface area (TPSA) is 64.7 Å². The van der Waals surface area contributed by atoms with Crippen LogP contribution in [-0.2, 0) is 26.5 Å². The van der Waals surface area contributed by atoms with E-state index >= 15 is 0 Å². The van der Waals surface area contributed by atoms with Gasteiger partial charge in [0.2, 0.25) is 5.71 Å². The Kier molecular flexibility index (Phi) is 10.6. The molecule has 1 aliphatic rings. The van der Waals surface area contributed by atoms with Gasteiger partial charge in [0.15, 0.2) is 0 Å². The number of aromatic nitrogens is 4. The molecule has 0 amide bonds. The Morgan fingerprint density at radius 3 is 2.34 bits per heavy atom. The number of hydrogen-bond donors (Lipinski definition) is 0. The van der Waals surface area contributed by atoms with Gasteiger partial charge >= 0.3 is 0 Å². The van der Waals surface area contributed by atoms with Crippen molar-refractivity contribution in [3.05, 3.63) is 102 Å². The van der Waals surface area contributed by atoms with E-state index in [0.29, 0.717) is 11.4 Å². The van der Waals surface area contributed by atoms with Gasteiger partial charge in [-0.3, -0.25) is 0 Å². The quantitative estimate of drug-likeness (QED) is 0.128. The van der Waals surface area contributed by atoms with E-state index in [-0.39, 0.29) is 25.5 Å². The van der Waals surface area contributed by atoms with Gasteiger partial charge in [-0.15, -0.1) is 47.5 Å². The van der Waals surface area contributed by atoms with Crippen LogP contribution < -0.4 is 5.19 Å². The average molecular weight is 817 g/mol. The SMILES string of the molecule is C[Si](C)(C)c1cnc(-c2[c-]cccc2)cc1C1CCCC1.Cc1ccc2c(n1)oc1n[c-]c(-c3cc(CC(C)(C)C)ccn3)cc12.[Ir]. The molecule has 0 saturated heterocycles. The minimum atomic E-state index is -1.34. The zero-order valence-electron chi connectivity index (χ0n) is 28.6. The summed E-state index contributed by atoms with van der Waals surface area (Å²) in [6.07, 6.45) is 13.5. The number of fused-ring (bicyclic) bond motifs is 3. The second-order valence-electron chi connectivity index (χ2n) is 14.9. The van der Waals surface area contributed by atoms with Gasteiger partial charge in [0.1, 0.15) is 5.71 Å². The molecule has 1 fully saturated rings. The van der Waals surface area contributed by atoms with Crippen LogP contribution in [-0.4, -0.2) is 28.0 Å². The van der Waals surface area contributed by atoms with E-state index in [1.54, 1.807) is 10.8 Å². The summed E-state index contributed by atoms with van der Waals surface area (Å²) in [5.41, 5.74) is 9.11. The summed E-state index contributed by atoms with van der Waals surface area (Å²) >= 11 is 0. The fourth-order valence-electron chi connectivity index (χ4n) is 6.43. The number of nitrogens with zero attached hydrogens (tertiary/aromatic N) is 4. The molecule has 0 spiro atoms. The maximum Gasteiger partial charge on any atom is 0.217 e. The maximum absolute atomic E-state index is 5.74. The Hall–Kier alpha value is -3.51. The summed E-state index contributed by atoms with van der Waals surface area (Å²) < 4.78 is 5.74. The van der Waals surface area contributed by atoms with Crippen molar-refractivity contribution in [2.45, 2.75) is 85.4 Å². The zero-order chi connectivity index (χ0) is 32.5. The predicted octanol–water partition coefficient (Wildman–Crippen LogP) is 9.88. The third-order valence-electron chi connectivity index (χ3n) is 8.64. The second kappa shape index (κ2) is 14.3. The van der Waals surface area contributed by atoms with Crippen LogP contribution in [0.2, 0.25) is 19.6 Å². The summed E-state index contributed by atoms with van der Waals surface area (Å²) in [6.45, 7) is 15.9. The first kappa shape index (κ1) is 34.8. The van der Waals surface area contributed by atoms with Gasteiger partial charge in [0.25, 0.3) is 0 Å². The maximum atomic E-state index is 5.74. The third kappa shape index (κ3) is 8.32. The summed E-state index contributed by atoms with van der Waals surface area (Å²) in [5, 5.41) is 3.46. The first-order valence-corrected chi connectivity index (χ1v) is 20.0. The summed E-state index contributed by atoms with van der Waals surface area (Å²) in [7, 11) is -1.34. The summed E-state index contributed by atoms with van der Waals surface area (Å²) in [6, 6.07) is 24.1. The first-order valence-electron chi connectivity index (χ1n) is 16.5. The standard InChI is InChI=1S/C21H20N3O.C19H24NSi.Ir/c1-13-5-6-16-17-10-15(12-23-19(17)25-20(16)24-13)18-9-14(7-8-22-18)11-21(2,3)4;1-21(2,3)19-14-20-18(16-11-5-4-6-12-16)13-17(19)15-9-7-8-10-15;/h5-10H,11H2,1-4H3;4-6,11,13-15H,7-10H2,1-3H3;/q2*-1;. The van der Waals surface area contributed by atoms with E-state index in [1.807, 2.05) is 43.5 Å². The first-order chi connectivity index (χ1) is 21.9. The molecule has 5 nitrogen and oxygen atoms in total. The van der Waals surface area contributed by atoms with E-state index in [2.05, 4.69) is 104 Å². The molecule has 0 atom stereocenters. The molecule has 0 aliphatic heterocycles. The van der Waals surface area contributed by atoms with Gasteiger partial charge in [0, 0.05) is 43.6 Å². The predicted molar refractivity (Wildman–Crippen MR) is 192 cm³/mol. The molecule has 0 unspecified atom stereocenters. The van der Waals surface area contributed by atoms with Crippen molar-refractivity contribution in [3.8, 4) is 22.5 Å². The molecule has 5 heterocycles. The minimum Gasteiger partial charge on any atom is -0.467 e. The molecule has 7 rings (SSSR count). The van der Waals surface area contributed by atoms with Gasteiger partial charge in [-0.05, 0) is 83.9 Å². The van der Waals surface area contributed by atoms with Crippen LogP contribution in [0.1, 0.15) is 69.2 Å². The van der Waals surface area contributed by atoms with E-state index in [0.717, 1.165) is 51.3 Å². The number of rotatable bonds is 5. The van der Waals surface area contributed by atoms with Crippen LogP contribution in [0.3, 0.4) is 0 Å². The van der Waals surface area contributed by atoms with E-state index < -0.39 is 8.07 Å². The number of pyridine rings is 4.